The van der Waals surface area contributed by atoms with Gasteiger partial charge in [0.1, 0.15) is 0 Å². The number of carbonyl (C=O) groups is 1. The first-order valence-electron chi connectivity index (χ1n) is 10.8. The molecule has 4 rings (SSSR count). The van der Waals surface area contributed by atoms with Crippen LogP contribution in [-0.2, 0) is 21.2 Å². The van der Waals surface area contributed by atoms with Gasteiger partial charge in [0.05, 0.1) is 12.6 Å². The van der Waals surface area contributed by atoms with Gasteiger partial charge in [-0.2, -0.15) is 4.31 Å². The van der Waals surface area contributed by atoms with Crippen LogP contribution in [0.3, 0.4) is 0 Å². The van der Waals surface area contributed by atoms with E-state index in [2.05, 4.69) is 17.4 Å². The molecule has 2 aromatic rings. The second-order valence-electron chi connectivity index (χ2n) is 8.14. The van der Waals surface area contributed by atoms with Crippen LogP contribution in [0.2, 0.25) is 0 Å². The molecule has 31 heavy (non-hydrogen) atoms. The molecular weight excluding hydrogens is 410 g/mol. The third kappa shape index (κ3) is 5.61. The number of hydrogen-bond donors (Lipinski definition) is 1. The average molecular weight is 440 g/mol. The molecule has 2 aliphatic rings. The summed E-state index contributed by atoms with van der Waals surface area (Å²) < 4.78 is 26.7. The summed E-state index contributed by atoms with van der Waals surface area (Å²) >= 11 is 0. The van der Waals surface area contributed by atoms with Crippen molar-refractivity contribution in [1.29, 1.82) is 0 Å². The van der Waals surface area contributed by atoms with E-state index >= 15 is 0 Å². The summed E-state index contributed by atoms with van der Waals surface area (Å²) in [4.78, 5) is 14.7. The minimum atomic E-state index is -3.46. The van der Waals surface area contributed by atoms with Crippen molar-refractivity contribution in [2.45, 2.75) is 25.3 Å². The van der Waals surface area contributed by atoms with Crippen molar-refractivity contribution in [3.05, 3.63) is 76.7 Å². The Morgan fingerprint density at radius 3 is 2.48 bits per heavy atom. The lowest BCUT2D eigenvalue weighted by Gasteiger charge is -2.33. The summed E-state index contributed by atoms with van der Waals surface area (Å²) in [6.07, 6.45) is 4.73. The number of piperazine rings is 1. The largest absolute Gasteiger partial charge is 0.348 e. The van der Waals surface area contributed by atoms with Gasteiger partial charge in [-0.15, -0.1) is 0 Å². The molecule has 1 amide bonds. The van der Waals surface area contributed by atoms with E-state index in [0.717, 1.165) is 24.8 Å². The molecule has 7 heteroatoms. The minimum absolute atomic E-state index is 0.00184. The molecule has 1 aliphatic carbocycles. The number of aryl methyl sites for hydroxylation is 1. The maximum Gasteiger partial charge on any atom is 0.236 e. The maximum absolute atomic E-state index is 12.6. The van der Waals surface area contributed by atoms with Crippen LogP contribution >= 0.6 is 0 Å². The molecule has 1 heterocycles. The monoisotopic (exact) mass is 439 g/mol. The first kappa shape index (κ1) is 21.7. The average Bonchev–Trinajstić information content (AvgIpc) is 2.79. The highest BCUT2D eigenvalue weighted by Crippen LogP contribution is 2.29. The Kier molecular flexibility index (Phi) is 6.85. The van der Waals surface area contributed by atoms with Crippen LogP contribution in [0.15, 0.2) is 60.0 Å². The van der Waals surface area contributed by atoms with Gasteiger partial charge in [-0.05, 0) is 42.0 Å². The van der Waals surface area contributed by atoms with E-state index in [9.17, 15) is 13.2 Å². The second kappa shape index (κ2) is 9.77. The van der Waals surface area contributed by atoms with Crippen molar-refractivity contribution in [1.82, 2.24) is 14.5 Å². The maximum atomic E-state index is 12.6. The fourth-order valence-electron chi connectivity index (χ4n) is 4.30. The molecule has 0 radical (unpaired) electrons. The van der Waals surface area contributed by atoms with Crippen LogP contribution in [0, 0.1) is 0 Å². The molecule has 1 atom stereocenters. The molecule has 0 saturated carbocycles. The van der Waals surface area contributed by atoms with Gasteiger partial charge in [0.15, 0.2) is 0 Å². The molecule has 1 N–H and O–H groups in total. The van der Waals surface area contributed by atoms with Gasteiger partial charge in [0.25, 0.3) is 0 Å². The third-order valence-electron chi connectivity index (χ3n) is 6.00. The Morgan fingerprint density at radius 1 is 1.00 bits per heavy atom. The molecule has 2 aromatic carbocycles. The normalized spacial score (nSPS) is 20.5. The van der Waals surface area contributed by atoms with Gasteiger partial charge >= 0.3 is 0 Å². The number of fused-ring (bicyclic) bond motifs is 1. The van der Waals surface area contributed by atoms with Gasteiger partial charge in [-0.1, -0.05) is 54.6 Å². The van der Waals surface area contributed by atoms with E-state index in [-0.39, 0.29) is 11.9 Å². The SMILES string of the molecule is O=C(CN1CCN(S(=O)(=O)/C=C/c2ccccc2)CC1)N[C@H]1CCCc2ccccc21. The number of hydrogen-bond acceptors (Lipinski definition) is 4. The highest BCUT2D eigenvalue weighted by molar-refractivity contribution is 7.92. The molecule has 1 saturated heterocycles. The van der Waals surface area contributed by atoms with E-state index in [1.165, 1.54) is 20.8 Å². The van der Waals surface area contributed by atoms with Gasteiger partial charge in [-0.3, -0.25) is 9.69 Å². The number of amides is 1. The van der Waals surface area contributed by atoms with Crippen molar-refractivity contribution in [3.8, 4) is 0 Å². The Morgan fingerprint density at radius 2 is 1.71 bits per heavy atom. The quantitative estimate of drug-likeness (QED) is 0.752. The van der Waals surface area contributed by atoms with E-state index in [4.69, 9.17) is 0 Å². The molecule has 0 aromatic heterocycles. The first-order valence-corrected chi connectivity index (χ1v) is 12.3. The number of rotatable bonds is 6. The lowest BCUT2D eigenvalue weighted by molar-refractivity contribution is -0.123. The van der Waals surface area contributed by atoms with Crippen LogP contribution < -0.4 is 5.32 Å². The molecule has 1 fully saturated rings. The molecule has 0 bridgehead atoms. The summed E-state index contributed by atoms with van der Waals surface area (Å²) in [5.41, 5.74) is 3.40. The van der Waals surface area contributed by atoms with Gasteiger partial charge in [0, 0.05) is 31.6 Å². The zero-order valence-corrected chi connectivity index (χ0v) is 18.4. The summed E-state index contributed by atoms with van der Waals surface area (Å²) in [6, 6.07) is 17.8. The lowest BCUT2D eigenvalue weighted by atomic mass is 9.88. The summed E-state index contributed by atoms with van der Waals surface area (Å²) in [7, 11) is -3.46. The third-order valence-corrected chi connectivity index (χ3v) is 7.56. The topological polar surface area (TPSA) is 69.7 Å². The first-order chi connectivity index (χ1) is 15.0. The second-order valence-corrected chi connectivity index (χ2v) is 9.96. The Hall–Kier alpha value is -2.48. The summed E-state index contributed by atoms with van der Waals surface area (Å²) in [5.74, 6) is 0.00184. The number of sulfonamides is 1. The fourth-order valence-corrected chi connectivity index (χ4v) is 5.48. The molecule has 6 nitrogen and oxygen atoms in total. The van der Waals surface area contributed by atoms with E-state index < -0.39 is 10.0 Å². The number of carbonyl (C=O) groups excluding carboxylic acids is 1. The van der Waals surface area contributed by atoms with Gasteiger partial charge in [-0.25, -0.2) is 8.42 Å². The zero-order valence-electron chi connectivity index (χ0n) is 17.6. The van der Waals surface area contributed by atoms with Crippen molar-refractivity contribution in [2.24, 2.45) is 0 Å². The number of benzene rings is 2. The van der Waals surface area contributed by atoms with Crippen molar-refractivity contribution in [3.63, 3.8) is 0 Å². The predicted octanol–water partition coefficient (Wildman–Crippen LogP) is 2.80. The van der Waals surface area contributed by atoms with E-state index in [1.807, 2.05) is 47.4 Å². The number of nitrogens with zero attached hydrogens (tertiary/aromatic N) is 2. The molecular formula is C24H29N3O3S. The van der Waals surface area contributed by atoms with E-state index in [0.29, 0.717) is 32.7 Å². The van der Waals surface area contributed by atoms with Crippen LogP contribution in [0.4, 0.5) is 0 Å². The standard InChI is InChI=1S/C24H29N3O3S/c28-24(25-23-12-6-10-21-9-4-5-11-22(21)23)19-26-14-16-27(17-15-26)31(29,30)18-13-20-7-2-1-3-8-20/h1-5,7-9,11,13,18,23H,6,10,12,14-17,19H2,(H,25,28)/b18-13+/t23-/m0/s1. The molecule has 0 spiro atoms. The smallest absolute Gasteiger partial charge is 0.236 e. The predicted molar refractivity (Wildman–Crippen MR) is 123 cm³/mol. The van der Waals surface area contributed by atoms with Gasteiger partial charge in [0.2, 0.25) is 15.9 Å². The number of nitrogens with one attached hydrogen (secondary N) is 1. The lowest BCUT2D eigenvalue weighted by Crippen LogP contribution is -2.51. The molecule has 1 aliphatic heterocycles. The Labute approximate surface area is 184 Å². The highest BCUT2D eigenvalue weighted by Gasteiger charge is 2.27. The Balaban J connectivity index is 1.27. The van der Waals surface area contributed by atoms with E-state index in [1.54, 1.807) is 6.08 Å². The van der Waals surface area contributed by atoms with Crippen LogP contribution in [-0.4, -0.2) is 56.3 Å². The van der Waals surface area contributed by atoms with Crippen LogP contribution in [0.5, 0.6) is 0 Å². The summed E-state index contributed by atoms with van der Waals surface area (Å²) in [5, 5.41) is 4.45. The van der Waals surface area contributed by atoms with Gasteiger partial charge < -0.3 is 5.32 Å². The zero-order chi connectivity index (χ0) is 21.7. The molecule has 164 valence electrons. The molecule has 0 unspecified atom stereocenters. The fraction of sp³-hybridized carbons (Fsp3) is 0.375. The Bertz CT molecular complexity index is 1030. The minimum Gasteiger partial charge on any atom is -0.348 e. The van der Waals surface area contributed by atoms with Crippen molar-refractivity contribution >= 4 is 22.0 Å². The van der Waals surface area contributed by atoms with Crippen LogP contribution in [0.1, 0.15) is 35.6 Å². The van der Waals surface area contributed by atoms with Crippen molar-refractivity contribution < 1.29 is 13.2 Å². The van der Waals surface area contributed by atoms with Crippen molar-refractivity contribution in [2.75, 3.05) is 32.7 Å². The van der Waals surface area contributed by atoms with Crippen LogP contribution in [0.25, 0.3) is 6.08 Å². The summed E-state index contributed by atoms with van der Waals surface area (Å²) in [6.45, 7) is 2.18. The highest BCUT2D eigenvalue weighted by atomic mass is 32.2.